The number of hydrogen-bond acceptors (Lipinski definition) is 6. The lowest BCUT2D eigenvalue weighted by atomic mass is 10.2. The van der Waals surface area contributed by atoms with Crippen LogP contribution in [0.5, 0.6) is 17.2 Å². The monoisotopic (exact) mass is 364 g/mol. The van der Waals surface area contributed by atoms with E-state index in [1.54, 1.807) is 24.3 Å². The molecule has 1 atom stereocenters. The van der Waals surface area contributed by atoms with Crippen LogP contribution in [0.25, 0.3) is 0 Å². The molecule has 1 heterocycles. The average Bonchev–Trinajstić information content (AvgIpc) is 2.60. The Hall–Kier alpha value is -2.78. The summed E-state index contributed by atoms with van der Waals surface area (Å²) >= 11 is 0. The van der Waals surface area contributed by atoms with Gasteiger partial charge in [0.15, 0.2) is 11.5 Å². The largest absolute Gasteiger partial charge is 0.495 e. The van der Waals surface area contributed by atoms with Gasteiger partial charge in [-0.05, 0) is 30.3 Å². The summed E-state index contributed by atoms with van der Waals surface area (Å²) in [6.07, 6.45) is -0.866. The van der Waals surface area contributed by atoms with Gasteiger partial charge in [0, 0.05) is 5.69 Å². The van der Waals surface area contributed by atoms with Crippen LogP contribution in [0.3, 0.4) is 0 Å². The molecule has 3 N–H and O–H groups in total. The number of amides is 1. The summed E-state index contributed by atoms with van der Waals surface area (Å²) in [6.45, 7) is 0.0427. The molecule has 0 aliphatic carbocycles. The molecular formula is C16H16N2O6S. The van der Waals surface area contributed by atoms with Crippen LogP contribution in [-0.2, 0) is 14.8 Å². The van der Waals surface area contributed by atoms with Gasteiger partial charge in [-0.1, -0.05) is 12.1 Å². The van der Waals surface area contributed by atoms with Gasteiger partial charge in [0.05, 0.1) is 7.11 Å². The fourth-order valence-electron chi connectivity index (χ4n) is 2.35. The van der Waals surface area contributed by atoms with Crippen LogP contribution < -0.4 is 24.7 Å². The van der Waals surface area contributed by atoms with Gasteiger partial charge in [-0.3, -0.25) is 4.79 Å². The van der Waals surface area contributed by atoms with E-state index in [-0.39, 0.29) is 22.9 Å². The third kappa shape index (κ3) is 3.67. The fraction of sp³-hybridized carbons (Fsp3) is 0.188. The van der Waals surface area contributed by atoms with Gasteiger partial charge in [-0.25, -0.2) is 13.6 Å². The number of nitrogens with two attached hydrogens (primary N) is 1. The highest BCUT2D eigenvalue weighted by molar-refractivity contribution is 7.89. The number of hydrogen-bond donors (Lipinski definition) is 2. The first-order valence-electron chi connectivity index (χ1n) is 7.28. The number of carbonyl (C=O) groups excluding carboxylic acids is 1. The second-order valence-electron chi connectivity index (χ2n) is 5.26. The maximum atomic E-state index is 12.4. The van der Waals surface area contributed by atoms with Crippen LogP contribution in [0.1, 0.15) is 0 Å². The van der Waals surface area contributed by atoms with Crippen molar-refractivity contribution in [2.45, 2.75) is 11.0 Å². The maximum Gasteiger partial charge on any atom is 0.269 e. The number of ether oxygens (including phenoxy) is 3. The van der Waals surface area contributed by atoms with E-state index in [0.717, 1.165) is 0 Å². The van der Waals surface area contributed by atoms with Crippen molar-refractivity contribution in [1.29, 1.82) is 0 Å². The Bertz CT molecular complexity index is 913. The molecule has 1 aliphatic heterocycles. The number of sulfonamides is 1. The van der Waals surface area contributed by atoms with Gasteiger partial charge in [0.1, 0.15) is 17.3 Å². The summed E-state index contributed by atoms with van der Waals surface area (Å²) in [7, 11) is -2.67. The predicted molar refractivity (Wildman–Crippen MR) is 89.3 cm³/mol. The van der Waals surface area contributed by atoms with Crippen LogP contribution in [0.15, 0.2) is 47.4 Å². The smallest absolute Gasteiger partial charge is 0.269 e. The molecule has 132 valence electrons. The van der Waals surface area contributed by atoms with Crippen molar-refractivity contribution >= 4 is 21.6 Å². The zero-order chi connectivity index (χ0) is 18.0. The Morgan fingerprint density at radius 2 is 1.96 bits per heavy atom. The first-order chi connectivity index (χ1) is 11.9. The van der Waals surface area contributed by atoms with E-state index < -0.39 is 22.0 Å². The minimum atomic E-state index is -4.00. The van der Waals surface area contributed by atoms with Gasteiger partial charge in [-0.2, -0.15) is 0 Å². The van der Waals surface area contributed by atoms with Gasteiger partial charge in [-0.15, -0.1) is 0 Å². The topological polar surface area (TPSA) is 117 Å². The summed E-state index contributed by atoms with van der Waals surface area (Å²) in [6, 6.07) is 11.1. The van der Waals surface area contributed by atoms with E-state index in [2.05, 4.69) is 5.32 Å². The molecule has 2 aromatic carbocycles. The lowest BCUT2D eigenvalue weighted by Gasteiger charge is -2.25. The zero-order valence-electron chi connectivity index (χ0n) is 13.3. The van der Waals surface area contributed by atoms with Gasteiger partial charge in [0.25, 0.3) is 5.91 Å². The van der Waals surface area contributed by atoms with Crippen LogP contribution in [0.4, 0.5) is 5.69 Å². The molecule has 3 rings (SSSR count). The highest BCUT2D eigenvalue weighted by Gasteiger charge is 2.27. The number of para-hydroxylation sites is 2. The first-order valence-corrected chi connectivity index (χ1v) is 8.83. The van der Waals surface area contributed by atoms with Gasteiger partial charge < -0.3 is 19.5 Å². The first kappa shape index (κ1) is 17.1. The molecular weight excluding hydrogens is 348 g/mol. The highest BCUT2D eigenvalue weighted by atomic mass is 32.2. The molecule has 0 aromatic heterocycles. The molecule has 0 fully saturated rings. The van der Waals surface area contributed by atoms with E-state index in [0.29, 0.717) is 11.5 Å². The van der Waals surface area contributed by atoms with Crippen molar-refractivity contribution in [1.82, 2.24) is 0 Å². The van der Waals surface area contributed by atoms with E-state index in [4.69, 9.17) is 19.3 Å². The fourth-order valence-corrected chi connectivity index (χ4v) is 3.07. The number of benzene rings is 2. The Labute approximate surface area is 144 Å². The van der Waals surface area contributed by atoms with Gasteiger partial charge in [0.2, 0.25) is 16.1 Å². The second-order valence-corrected chi connectivity index (χ2v) is 6.79. The summed E-state index contributed by atoms with van der Waals surface area (Å²) < 4.78 is 39.3. The Morgan fingerprint density at radius 3 is 2.64 bits per heavy atom. The van der Waals surface area contributed by atoms with Crippen LogP contribution in [0, 0.1) is 0 Å². The summed E-state index contributed by atoms with van der Waals surface area (Å²) in [5, 5.41) is 7.75. The van der Waals surface area contributed by atoms with Crippen molar-refractivity contribution in [2.75, 3.05) is 19.0 Å². The lowest BCUT2D eigenvalue weighted by molar-refractivity contribution is -0.125. The minimum absolute atomic E-state index is 0.0427. The van der Waals surface area contributed by atoms with Crippen molar-refractivity contribution in [3.05, 3.63) is 42.5 Å². The van der Waals surface area contributed by atoms with E-state index in [1.165, 1.54) is 25.3 Å². The average molecular weight is 364 g/mol. The van der Waals surface area contributed by atoms with Crippen LogP contribution >= 0.6 is 0 Å². The molecule has 0 saturated carbocycles. The van der Waals surface area contributed by atoms with Crippen molar-refractivity contribution in [2.24, 2.45) is 5.14 Å². The maximum absolute atomic E-state index is 12.4. The van der Waals surface area contributed by atoms with Crippen molar-refractivity contribution < 1.29 is 27.4 Å². The lowest BCUT2D eigenvalue weighted by Crippen LogP contribution is -2.40. The Kier molecular flexibility index (Phi) is 4.51. The molecule has 25 heavy (non-hydrogen) atoms. The number of nitrogens with one attached hydrogen (secondary N) is 1. The molecule has 9 heteroatoms. The standard InChI is InChI=1S/C16H16N2O6S/c1-22-13-7-6-10(8-15(13)25(17,20)21)18-16(19)14-9-23-11-4-2-3-5-12(11)24-14/h2-8,14H,9H2,1H3,(H,18,19)(H2,17,20,21). The second kappa shape index (κ2) is 6.61. The summed E-state index contributed by atoms with van der Waals surface area (Å²) in [5.74, 6) is 0.646. The number of carbonyl (C=O) groups is 1. The SMILES string of the molecule is COc1ccc(NC(=O)C2COc3ccccc3O2)cc1S(N)(=O)=O. The normalized spacial score (nSPS) is 16.2. The van der Waals surface area contributed by atoms with Gasteiger partial charge >= 0.3 is 0 Å². The number of methoxy groups -OCH3 is 1. The van der Waals surface area contributed by atoms with E-state index in [9.17, 15) is 13.2 Å². The molecule has 1 amide bonds. The highest BCUT2D eigenvalue weighted by Crippen LogP contribution is 2.31. The molecule has 0 radical (unpaired) electrons. The third-order valence-corrected chi connectivity index (χ3v) is 4.47. The van der Waals surface area contributed by atoms with E-state index >= 15 is 0 Å². The minimum Gasteiger partial charge on any atom is -0.495 e. The molecule has 1 aliphatic rings. The number of fused-ring (bicyclic) bond motifs is 1. The third-order valence-electron chi connectivity index (χ3n) is 3.54. The molecule has 2 aromatic rings. The molecule has 0 bridgehead atoms. The van der Waals surface area contributed by atoms with Crippen molar-refractivity contribution in [3.63, 3.8) is 0 Å². The van der Waals surface area contributed by atoms with E-state index in [1.807, 2.05) is 0 Å². The number of primary sulfonamides is 1. The van der Waals surface area contributed by atoms with Crippen LogP contribution in [-0.4, -0.2) is 34.1 Å². The Morgan fingerprint density at radius 1 is 1.24 bits per heavy atom. The predicted octanol–water partition coefficient (Wildman–Crippen LogP) is 1.12. The van der Waals surface area contributed by atoms with Crippen molar-refractivity contribution in [3.8, 4) is 17.2 Å². The quantitative estimate of drug-likeness (QED) is 0.840. The molecule has 0 saturated heterocycles. The summed E-state index contributed by atoms with van der Waals surface area (Å²) in [5.41, 5.74) is 0.247. The molecule has 0 spiro atoms. The zero-order valence-corrected chi connectivity index (χ0v) is 14.1. The number of rotatable bonds is 4. The number of anilines is 1. The van der Waals surface area contributed by atoms with Crippen LogP contribution in [0.2, 0.25) is 0 Å². The molecule has 8 nitrogen and oxygen atoms in total. The molecule has 1 unspecified atom stereocenters. The summed E-state index contributed by atoms with van der Waals surface area (Å²) in [4.78, 5) is 12.1. The Balaban J connectivity index is 1.78.